The summed E-state index contributed by atoms with van der Waals surface area (Å²) >= 11 is 0. The third-order valence-electron chi connectivity index (χ3n) is 5.38. The van der Waals surface area contributed by atoms with Gasteiger partial charge in [0.25, 0.3) is 5.69 Å². The van der Waals surface area contributed by atoms with E-state index in [-0.39, 0.29) is 10.6 Å². The van der Waals surface area contributed by atoms with Crippen molar-refractivity contribution in [3.63, 3.8) is 0 Å². The summed E-state index contributed by atoms with van der Waals surface area (Å²) in [5.41, 5.74) is 1.85. The number of sulfonamides is 1. The lowest BCUT2D eigenvalue weighted by atomic mass is 10.2. The molecule has 0 spiro atoms. The summed E-state index contributed by atoms with van der Waals surface area (Å²) in [7, 11) is -3.83. The number of hydrogen-bond acceptors (Lipinski definition) is 7. The Morgan fingerprint density at radius 2 is 1.63 bits per heavy atom. The molecule has 10 heteroatoms. The Kier molecular flexibility index (Phi) is 5.89. The molecule has 30 heavy (non-hydrogen) atoms. The molecule has 160 valence electrons. The topological polar surface area (TPSA) is 105 Å². The maximum absolute atomic E-state index is 13.1. The number of nitrogens with zero attached hydrogens (tertiary/aromatic N) is 3. The summed E-state index contributed by atoms with van der Waals surface area (Å²) < 4.78 is 33.0. The molecule has 2 aromatic carbocycles. The molecule has 2 heterocycles. The highest BCUT2D eigenvalue weighted by atomic mass is 32.2. The van der Waals surface area contributed by atoms with Crippen molar-refractivity contribution in [2.75, 3.05) is 49.6 Å². The summed E-state index contributed by atoms with van der Waals surface area (Å²) in [6.07, 6.45) is 1.58. The zero-order valence-corrected chi connectivity index (χ0v) is 17.3. The second-order valence-corrected chi connectivity index (χ2v) is 9.23. The fourth-order valence-electron chi connectivity index (χ4n) is 3.74. The number of ether oxygens (including phenoxy) is 1. The molecule has 0 unspecified atom stereocenters. The summed E-state index contributed by atoms with van der Waals surface area (Å²) in [5.74, 6) is 0. The number of benzene rings is 2. The van der Waals surface area contributed by atoms with Crippen molar-refractivity contribution in [2.24, 2.45) is 0 Å². The molecule has 0 bridgehead atoms. The van der Waals surface area contributed by atoms with Crippen LogP contribution in [0, 0.1) is 10.1 Å². The van der Waals surface area contributed by atoms with Gasteiger partial charge >= 0.3 is 0 Å². The zero-order valence-electron chi connectivity index (χ0n) is 16.5. The molecule has 0 radical (unpaired) electrons. The Morgan fingerprint density at radius 3 is 2.27 bits per heavy atom. The molecule has 0 amide bonds. The molecule has 4 rings (SSSR count). The van der Waals surface area contributed by atoms with E-state index in [1.54, 1.807) is 0 Å². The molecule has 0 atom stereocenters. The van der Waals surface area contributed by atoms with Crippen molar-refractivity contribution in [1.29, 1.82) is 0 Å². The number of non-ortho nitro benzene ring substituents is 1. The van der Waals surface area contributed by atoms with Crippen LogP contribution < -0.4 is 10.2 Å². The molecule has 2 fully saturated rings. The van der Waals surface area contributed by atoms with Crippen molar-refractivity contribution in [1.82, 2.24) is 4.31 Å². The van der Waals surface area contributed by atoms with E-state index < -0.39 is 14.9 Å². The molecule has 2 aliphatic heterocycles. The highest BCUT2D eigenvalue weighted by Gasteiger charge is 2.31. The smallest absolute Gasteiger partial charge is 0.270 e. The van der Waals surface area contributed by atoms with Crippen LogP contribution in [0.5, 0.6) is 0 Å². The van der Waals surface area contributed by atoms with E-state index in [0.29, 0.717) is 37.7 Å². The van der Waals surface area contributed by atoms with Crippen LogP contribution >= 0.6 is 0 Å². The summed E-state index contributed by atoms with van der Waals surface area (Å²) in [4.78, 5) is 12.8. The van der Waals surface area contributed by atoms with Crippen molar-refractivity contribution in [3.8, 4) is 0 Å². The molecular weight excluding hydrogens is 408 g/mol. The van der Waals surface area contributed by atoms with Crippen LogP contribution in [0.15, 0.2) is 47.4 Å². The van der Waals surface area contributed by atoms with E-state index in [9.17, 15) is 18.5 Å². The number of morpholine rings is 1. The predicted molar refractivity (Wildman–Crippen MR) is 114 cm³/mol. The number of anilines is 3. The van der Waals surface area contributed by atoms with Crippen molar-refractivity contribution >= 4 is 32.8 Å². The Labute approximate surface area is 175 Å². The average Bonchev–Trinajstić information content (AvgIpc) is 3.31. The van der Waals surface area contributed by atoms with E-state index in [1.165, 1.54) is 16.4 Å². The first-order valence-corrected chi connectivity index (χ1v) is 11.4. The molecule has 0 saturated carbocycles. The van der Waals surface area contributed by atoms with Crippen molar-refractivity contribution < 1.29 is 18.1 Å². The standard InChI is InChI=1S/C20H24N4O5S/c25-24(26)18-7-8-19(20(15-18)30(27,28)23-9-1-2-10-23)21-16-3-5-17(6-4-16)22-11-13-29-14-12-22/h3-8,15,21H,1-2,9-14H2. The second-order valence-electron chi connectivity index (χ2n) is 7.32. The minimum absolute atomic E-state index is 0.0733. The van der Waals surface area contributed by atoms with Gasteiger partial charge < -0.3 is 15.0 Å². The van der Waals surface area contributed by atoms with Crippen LogP contribution in [-0.4, -0.2) is 57.0 Å². The lowest BCUT2D eigenvalue weighted by Crippen LogP contribution is -2.36. The first-order valence-electron chi connectivity index (χ1n) is 9.93. The first kappa shape index (κ1) is 20.6. The van der Waals surface area contributed by atoms with E-state index in [2.05, 4.69) is 10.2 Å². The van der Waals surface area contributed by atoms with Gasteiger partial charge in [0.2, 0.25) is 10.0 Å². The van der Waals surface area contributed by atoms with E-state index in [4.69, 9.17) is 4.74 Å². The average molecular weight is 433 g/mol. The van der Waals surface area contributed by atoms with Crippen LogP contribution in [0.3, 0.4) is 0 Å². The first-order chi connectivity index (χ1) is 14.4. The third-order valence-corrected chi connectivity index (χ3v) is 7.32. The van der Waals surface area contributed by atoms with Crippen LogP contribution in [0.1, 0.15) is 12.8 Å². The zero-order chi connectivity index (χ0) is 21.1. The molecule has 0 aromatic heterocycles. The van der Waals surface area contributed by atoms with Crippen molar-refractivity contribution in [2.45, 2.75) is 17.7 Å². The number of nitrogens with one attached hydrogen (secondary N) is 1. The Morgan fingerprint density at radius 1 is 0.967 bits per heavy atom. The lowest BCUT2D eigenvalue weighted by Gasteiger charge is -2.29. The number of nitro benzene ring substituents is 1. The number of hydrogen-bond donors (Lipinski definition) is 1. The normalized spacial score (nSPS) is 17.8. The summed E-state index contributed by atoms with van der Waals surface area (Å²) in [5, 5.41) is 14.3. The maximum Gasteiger partial charge on any atom is 0.270 e. The SMILES string of the molecule is O=[N+]([O-])c1ccc(Nc2ccc(N3CCOCC3)cc2)c(S(=O)(=O)N2CCCC2)c1. The number of nitro groups is 1. The van der Waals surface area contributed by atoms with Gasteiger partial charge in [0, 0.05) is 49.7 Å². The Balaban J connectivity index is 1.62. The fourth-order valence-corrected chi connectivity index (χ4v) is 5.43. The van der Waals surface area contributed by atoms with Gasteiger partial charge in [0.1, 0.15) is 4.90 Å². The van der Waals surface area contributed by atoms with Gasteiger partial charge in [0.05, 0.1) is 23.8 Å². The molecule has 9 nitrogen and oxygen atoms in total. The van der Waals surface area contributed by atoms with Gasteiger partial charge in [-0.2, -0.15) is 4.31 Å². The van der Waals surface area contributed by atoms with Gasteiger partial charge in [-0.25, -0.2) is 8.42 Å². The second kappa shape index (κ2) is 8.58. The van der Waals surface area contributed by atoms with Crippen LogP contribution in [-0.2, 0) is 14.8 Å². The van der Waals surface area contributed by atoms with E-state index in [0.717, 1.165) is 37.7 Å². The third kappa shape index (κ3) is 4.25. The Bertz CT molecular complexity index is 1010. The van der Waals surface area contributed by atoms with E-state index in [1.807, 2.05) is 24.3 Å². The molecule has 2 aliphatic rings. The molecular formula is C20H24N4O5S. The minimum atomic E-state index is -3.83. The van der Waals surface area contributed by atoms with Gasteiger partial charge in [-0.3, -0.25) is 10.1 Å². The monoisotopic (exact) mass is 432 g/mol. The summed E-state index contributed by atoms with van der Waals surface area (Å²) in [6, 6.07) is 11.6. The molecule has 1 N–H and O–H groups in total. The van der Waals surface area contributed by atoms with Crippen LogP contribution in [0.2, 0.25) is 0 Å². The minimum Gasteiger partial charge on any atom is -0.378 e. The predicted octanol–water partition coefficient (Wildman–Crippen LogP) is 2.96. The Hall–Kier alpha value is -2.69. The van der Waals surface area contributed by atoms with E-state index >= 15 is 0 Å². The van der Waals surface area contributed by atoms with Gasteiger partial charge in [-0.1, -0.05) is 0 Å². The molecule has 0 aliphatic carbocycles. The highest BCUT2D eigenvalue weighted by molar-refractivity contribution is 7.89. The van der Waals surface area contributed by atoms with Crippen molar-refractivity contribution in [3.05, 3.63) is 52.6 Å². The highest BCUT2D eigenvalue weighted by Crippen LogP contribution is 2.33. The lowest BCUT2D eigenvalue weighted by molar-refractivity contribution is -0.385. The fraction of sp³-hybridized carbons (Fsp3) is 0.400. The van der Waals surface area contributed by atoms with Gasteiger partial charge in [0.15, 0.2) is 0 Å². The largest absolute Gasteiger partial charge is 0.378 e. The molecule has 2 saturated heterocycles. The summed E-state index contributed by atoms with van der Waals surface area (Å²) in [6.45, 7) is 3.90. The maximum atomic E-state index is 13.1. The van der Waals surface area contributed by atoms with Crippen LogP contribution in [0.4, 0.5) is 22.7 Å². The quantitative estimate of drug-likeness (QED) is 0.553. The van der Waals surface area contributed by atoms with Gasteiger partial charge in [-0.15, -0.1) is 0 Å². The van der Waals surface area contributed by atoms with Gasteiger partial charge in [-0.05, 0) is 43.2 Å². The number of rotatable bonds is 6. The molecule has 2 aromatic rings. The van der Waals surface area contributed by atoms with Crippen LogP contribution in [0.25, 0.3) is 0 Å².